The van der Waals surface area contributed by atoms with E-state index in [1.165, 1.54) is 0 Å². The van der Waals surface area contributed by atoms with E-state index in [-0.39, 0.29) is 12.5 Å². The zero-order valence-electron chi connectivity index (χ0n) is 29.1. The Balaban J connectivity index is 1.41. The molecule has 2 amide bonds. The summed E-state index contributed by atoms with van der Waals surface area (Å²) in [6.07, 6.45) is 0.941. The molecule has 1 atom stereocenters. The van der Waals surface area contributed by atoms with Gasteiger partial charge in [-0.2, -0.15) is 5.10 Å². The number of carbonyl (C=O) groups is 2. The predicted molar refractivity (Wildman–Crippen MR) is 204 cm³/mol. The first-order valence-electron chi connectivity index (χ1n) is 17.4. The fourth-order valence-corrected chi connectivity index (χ4v) is 7.38. The molecule has 1 aliphatic heterocycles. The van der Waals surface area contributed by atoms with Crippen LogP contribution in [0.3, 0.4) is 0 Å². The highest BCUT2D eigenvalue weighted by molar-refractivity contribution is 6.33. The van der Waals surface area contributed by atoms with Gasteiger partial charge in [0, 0.05) is 29.1 Å². The van der Waals surface area contributed by atoms with Gasteiger partial charge in [0.1, 0.15) is 11.1 Å². The van der Waals surface area contributed by atoms with Crippen LogP contribution in [0.4, 0.5) is 10.6 Å². The zero-order valence-corrected chi connectivity index (χ0v) is 29.8. The van der Waals surface area contributed by atoms with Crippen molar-refractivity contribution in [1.82, 2.24) is 14.7 Å². The molecule has 0 aliphatic carbocycles. The molecule has 2 heterocycles. The van der Waals surface area contributed by atoms with E-state index >= 15 is 0 Å². The van der Waals surface area contributed by atoms with E-state index in [4.69, 9.17) is 21.4 Å². The fourth-order valence-electron chi connectivity index (χ4n) is 7.14. The number of halogens is 1. The molecule has 0 saturated carbocycles. The molecular formula is C43H41ClN4O3. The average Bonchev–Trinajstić information content (AvgIpc) is 3.50. The summed E-state index contributed by atoms with van der Waals surface area (Å²) in [6.45, 7) is 6.35. The highest BCUT2D eigenvalue weighted by Gasteiger charge is 2.41. The number of ether oxygens (including phenoxy) is 1. The Morgan fingerprint density at radius 2 is 1.35 bits per heavy atom. The summed E-state index contributed by atoms with van der Waals surface area (Å²) in [5.41, 5.74) is 4.13. The van der Waals surface area contributed by atoms with Gasteiger partial charge in [0.2, 0.25) is 5.91 Å². The second-order valence-corrected chi connectivity index (χ2v) is 14.4. The van der Waals surface area contributed by atoms with Gasteiger partial charge >= 0.3 is 6.09 Å². The SMILES string of the molecule is CC(C)(C)OC(=O)N1CCC[C@@H](C(=O)Nc2nn(C(c3ccccc3)(c3ccccc3)c3ccccc3)c3ccc(-c4ccccc4Cl)cc23)C1. The van der Waals surface area contributed by atoms with Crippen molar-refractivity contribution >= 4 is 40.3 Å². The molecule has 1 aromatic heterocycles. The molecule has 0 spiro atoms. The molecule has 51 heavy (non-hydrogen) atoms. The van der Waals surface area contributed by atoms with Crippen molar-refractivity contribution in [1.29, 1.82) is 0 Å². The lowest BCUT2D eigenvalue weighted by Gasteiger charge is -2.37. The number of carbonyl (C=O) groups excluding carboxylic acids is 2. The van der Waals surface area contributed by atoms with E-state index < -0.39 is 23.2 Å². The molecule has 0 unspecified atom stereocenters. The number of nitrogens with zero attached hydrogens (tertiary/aromatic N) is 3. The maximum Gasteiger partial charge on any atom is 0.410 e. The van der Waals surface area contributed by atoms with Gasteiger partial charge in [0.05, 0.1) is 11.4 Å². The van der Waals surface area contributed by atoms with E-state index in [0.717, 1.165) is 38.7 Å². The van der Waals surface area contributed by atoms with Crippen LogP contribution >= 0.6 is 11.6 Å². The zero-order chi connectivity index (χ0) is 35.6. The van der Waals surface area contributed by atoms with E-state index in [9.17, 15) is 9.59 Å². The Morgan fingerprint density at radius 3 is 1.92 bits per heavy atom. The van der Waals surface area contributed by atoms with Crippen molar-refractivity contribution in [2.45, 2.75) is 44.8 Å². The molecule has 8 heteroatoms. The number of fused-ring (bicyclic) bond motifs is 1. The predicted octanol–water partition coefficient (Wildman–Crippen LogP) is 9.78. The maximum atomic E-state index is 14.2. The molecule has 7 nitrogen and oxygen atoms in total. The molecule has 1 saturated heterocycles. The molecular weight excluding hydrogens is 656 g/mol. The largest absolute Gasteiger partial charge is 0.444 e. The summed E-state index contributed by atoms with van der Waals surface area (Å²) < 4.78 is 7.69. The topological polar surface area (TPSA) is 76.5 Å². The second-order valence-electron chi connectivity index (χ2n) is 14.0. The lowest BCUT2D eigenvalue weighted by atomic mass is 9.77. The van der Waals surface area contributed by atoms with E-state index in [1.54, 1.807) is 4.90 Å². The Kier molecular flexibility index (Phi) is 9.40. The third-order valence-corrected chi connectivity index (χ3v) is 9.77. The summed E-state index contributed by atoms with van der Waals surface area (Å²) in [4.78, 5) is 28.8. The number of aromatic nitrogens is 2. The molecule has 6 aromatic rings. The van der Waals surface area contributed by atoms with Crippen molar-refractivity contribution in [3.05, 3.63) is 155 Å². The first kappa shape index (κ1) is 34.1. The Labute approximate surface area is 303 Å². The van der Waals surface area contributed by atoms with Crippen LogP contribution in [-0.4, -0.2) is 45.4 Å². The van der Waals surface area contributed by atoms with Crippen LogP contribution in [0, 0.1) is 5.92 Å². The van der Waals surface area contributed by atoms with Crippen LogP contribution in [0.5, 0.6) is 0 Å². The average molecular weight is 697 g/mol. The van der Waals surface area contributed by atoms with Crippen molar-refractivity contribution < 1.29 is 14.3 Å². The number of anilines is 1. The van der Waals surface area contributed by atoms with Crippen LogP contribution in [-0.2, 0) is 15.1 Å². The van der Waals surface area contributed by atoms with Crippen LogP contribution in [0.2, 0.25) is 5.02 Å². The number of amides is 2. The summed E-state index contributed by atoms with van der Waals surface area (Å²) >= 11 is 6.70. The van der Waals surface area contributed by atoms with Crippen LogP contribution in [0.25, 0.3) is 22.0 Å². The molecule has 1 N–H and O–H groups in total. The quantitative estimate of drug-likeness (QED) is 0.169. The molecule has 0 bridgehead atoms. The van der Waals surface area contributed by atoms with Gasteiger partial charge in [0.25, 0.3) is 0 Å². The van der Waals surface area contributed by atoms with Crippen LogP contribution in [0.1, 0.15) is 50.3 Å². The highest BCUT2D eigenvalue weighted by atomic mass is 35.5. The first-order valence-corrected chi connectivity index (χ1v) is 17.8. The Bertz CT molecular complexity index is 2060. The first-order chi connectivity index (χ1) is 24.6. The molecule has 0 radical (unpaired) electrons. The Hall–Kier alpha value is -5.40. The minimum absolute atomic E-state index is 0.192. The van der Waals surface area contributed by atoms with Gasteiger partial charge in [-0.3, -0.25) is 4.79 Å². The number of nitrogens with one attached hydrogen (secondary N) is 1. The lowest BCUT2D eigenvalue weighted by Crippen LogP contribution is -2.45. The van der Waals surface area contributed by atoms with E-state index in [0.29, 0.717) is 30.2 Å². The number of hydrogen-bond donors (Lipinski definition) is 1. The van der Waals surface area contributed by atoms with Gasteiger partial charge in [-0.1, -0.05) is 127 Å². The fraction of sp³-hybridized carbons (Fsp3) is 0.233. The summed E-state index contributed by atoms with van der Waals surface area (Å²) in [5.74, 6) is -0.187. The normalized spacial score (nSPS) is 15.1. The van der Waals surface area contributed by atoms with Crippen molar-refractivity contribution in [2.24, 2.45) is 5.92 Å². The molecule has 7 rings (SSSR count). The number of likely N-dealkylation sites (tertiary alicyclic amines) is 1. The van der Waals surface area contributed by atoms with Gasteiger partial charge in [-0.15, -0.1) is 0 Å². The van der Waals surface area contributed by atoms with Crippen LogP contribution in [0.15, 0.2) is 133 Å². The van der Waals surface area contributed by atoms with Crippen molar-refractivity contribution in [3.63, 3.8) is 0 Å². The third kappa shape index (κ3) is 6.74. The number of rotatable bonds is 7. The minimum atomic E-state index is -0.907. The van der Waals surface area contributed by atoms with Crippen molar-refractivity contribution in [3.8, 4) is 11.1 Å². The van der Waals surface area contributed by atoms with Crippen LogP contribution < -0.4 is 5.32 Å². The summed E-state index contributed by atoms with van der Waals surface area (Å²) in [5, 5.41) is 9.95. The number of piperidine rings is 1. The molecule has 258 valence electrons. The van der Waals surface area contributed by atoms with E-state index in [1.807, 2.05) is 104 Å². The van der Waals surface area contributed by atoms with Gasteiger partial charge in [-0.25, -0.2) is 9.48 Å². The van der Waals surface area contributed by atoms with E-state index in [2.05, 4.69) is 59.9 Å². The van der Waals surface area contributed by atoms with Crippen molar-refractivity contribution in [2.75, 3.05) is 18.4 Å². The number of hydrogen-bond acceptors (Lipinski definition) is 4. The minimum Gasteiger partial charge on any atom is -0.444 e. The maximum absolute atomic E-state index is 14.2. The standard InChI is InChI=1S/C43H41ClN4O3/c1-42(2,3)51-41(50)47-27-15-16-31(29-47)40(49)45-39-36-28-30(35-23-13-14-24-37(35)44)25-26-38(36)48(46-39)43(32-17-7-4-8-18-32,33-19-9-5-10-20-33)34-21-11-6-12-22-34/h4-14,17-26,28,31H,15-16,27,29H2,1-3H3,(H,45,46,49)/t31-/m1/s1. The third-order valence-electron chi connectivity index (χ3n) is 9.44. The molecule has 1 fully saturated rings. The van der Waals surface area contributed by atoms with Gasteiger partial charge < -0.3 is 15.0 Å². The molecule has 1 aliphatic rings. The summed E-state index contributed by atoms with van der Waals surface area (Å²) in [7, 11) is 0. The molecule has 5 aromatic carbocycles. The smallest absolute Gasteiger partial charge is 0.410 e. The number of benzene rings is 5. The Morgan fingerprint density at radius 1 is 0.784 bits per heavy atom. The highest BCUT2D eigenvalue weighted by Crippen LogP contribution is 2.44. The summed E-state index contributed by atoms with van der Waals surface area (Å²) in [6, 6.07) is 44.9. The lowest BCUT2D eigenvalue weighted by molar-refractivity contribution is -0.121. The van der Waals surface area contributed by atoms with Gasteiger partial charge in [0.15, 0.2) is 5.82 Å². The van der Waals surface area contributed by atoms with Gasteiger partial charge in [-0.05, 0) is 74.1 Å². The monoisotopic (exact) mass is 696 g/mol. The second kappa shape index (κ2) is 14.1.